The highest BCUT2D eigenvalue weighted by Gasteiger charge is 2.38. The molecule has 0 amide bonds. The van der Waals surface area contributed by atoms with Crippen molar-refractivity contribution in [2.75, 3.05) is 40.0 Å². The maximum atomic E-state index is 13.7. The van der Waals surface area contributed by atoms with Gasteiger partial charge in [0.2, 0.25) is 5.88 Å². The highest BCUT2D eigenvalue weighted by atomic mass is 16.5. The second-order valence-corrected chi connectivity index (χ2v) is 7.72. The highest BCUT2D eigenvalue weighted by molar-refractivity contribution is 5.92. The van der Waals surface area contributed by atoms with E-state index >= 15 is 0 Å². The number of carbonyl (C=O) groups is 1. The van der Waals surface area contributed by atoms with Crippen molar-refractivity contribution in [3.63, 3.8) is 0 Å². The monoisotopic (exact) mass is 427 g/mol. The number of methoxy groups -OCH3 is 1. The predicted molar refractivity (Wildman–Crippen MR) is 112 cm³/mol. The van der Waals surface area contributed by atoms with Crippen LogP contribution in [0.25, 0.3) is 0 Å². The molecule has 164 valence electrons. The maximum Gasteiger partial charge on any atom is 0.340 e. The number of ether oxygens (including phenoxy) is 3. The number of nitrogens with two attached hydrogens (primary N) is 1. The third-order valence-corrected chi connectivity index (χ3v) is 5.88. The Hall–Kier alpha value is -3.17. The Morgan fingerprint density at radius 3 is 2.84 bits per heavy atom. The van der Waals surface area contributed by atoms with E-state index in [1.54, 1.807) is 29.1 Å². The number of nitrogens with zero attached hydrogens (tertiary/aromatic N) is 2. The summed E-state index contributed by atoms with van der Waals surface area (Å²) >= 11 is 0. The molecule has 1 saturated heterocycles. The Balaban J connectivity index is 1.79. The van der Waals surface area contributed by atoms with Crippen LogP contribution in [0.3, 0.4) is 0 Å². The smallest absolute Gasteiger partial charge is 0.340 e. The molecule has 4 rings (SSSR count). The predicted octanol–water partition coefficient (Wildman–Crippen LogP) is -0.666. The molecule has 9 heteroatoms. The molecular formula is C22H27N4O5+. The van der Waals surface area contributed by atoms with Gasteiger partial charge in [0.15, 0.2) is 0 Å². The zero-order chi connectivity index (χ0) is 22.0. The number of fused-ring (bicyclic) bond motifs is 1. The number of quaternary nitrogens is 1. The average Bonchev–Trinajstić information content (AvgIpc) is 2.78. The molecule has 0 saturated carbocycles. The molecule has 4 heterocycles. The number of esters is 1. The van der Waals surface area contributed by atoms with Crippen molar-refractivity contribution in [3.05, 3.63) is 69.2 Å². The van der Waals surface area contributed by atoms with Crippen molar-refractivity contribution in [2.24, 2.45) is 5.73 Å². The minimum absolute atomic E-state index is 0.0671. The minimum atomic E-state index is -0.722. The van der Waals surface area contributed by atoms with Gasteiger partial charge >= 0.3 is 5.97 Å². The summed E-state index contributed by atoms with van der Waals surface area (Å²) in [5, 5.41) is 0. The fourth-order valence-corrected chi connectivity index (χ4v) is 4.23. The molecule has 1 fully saturated rings. The summed E-state index contributed by atoms with van der Waals surface area (Å²) in [4.78, 5) is 31.8. The lowest BCUT2D eigenvalue weighted by molar-refractivity contribution is -0.908. The lowest BCUT2D eigenvalue weighted by Gasteiger charge is -2.29. The van der Waals surface area contributed by atoms with Gasteiger partial charge in [-0.3, -0.25) is 9.78 Å². The number of rotatable bonds is 5. The van der Waals surface area contributed by atoms with Crippen LogP contribution in [0, 0.1) is 6.92 Å². The fourth-order valence-electron chi connectivity index (χ4n) is 4.23. The van der Waals surface area contributed by atoms with Crippen LogP contribution in [-0.2, 0) is 20.8 Å². The molecule has 0 unspecified atom stereocenters. The molecule has 2 aromatic rings. The zero-order valence-corrected chi connectivity index (χ0v) is 17.7. The van der Waals surface area contributed by atoms with Crippen molar-refractivity contribution in [3.8, 4) is 5.75 Å². The molecule has 0 aromatic carbocycles. The molecule has 0 aliphatic carbocycles. The summed E-state index contributed by atoms with van der Waals surface area (Å²) in [7, 11) is 1.27. The minimum Gasteiger partial charge on any atom is -0.465 e. The molecule has 2 aromatic heterocycles. The van der Waals surface area contributed by atoms with Crippen LogP contribution in [-0.4, -0.2) is 55.5 Å². The maximum absolute atomic E-state index is 13.7. The number of morpholine rings is 1. The normalized spacial score (nSPS) is 19.0. The van der Waals surface area contributed by atoms with Gasteiger partial charge in [-0.25, -0.2) is 4.79 Å². The first-order valence-electron chi connectivity index (χ1n) is 10.3. The number of aryl methyl sites for hydroxylation is 1. The second-order valence-electron chi connectivity index (χ2n) is 7.72. The average molecular weight is 427 g/mol. The van der Waals surface area contributed by atoms with E-state index in [4.69, 9.17) is 19.9 Å². The van der Waals surface area contributed by atoms with Gasteiger partial charge < -0.3 is 29.4 Å². The Labute approximate surface area is 180 Å². The third kappa shape index (κ3) is 4.06. The first kappa shape index (κ1) is 21.1. The van der Waals surface area contributed by atoms with Crippen LogP contribution >= 0.6 is 0 Å². The van der Waals surface area contributed by atoms with Crippen molar-refractivity contribution < 1.29 is 23.9 Å². The molecule has 9 nitrogen and oxygen atoms in total. The van der Waals surface area contributed by atoms with Crippen molar-refractivity contribution in [2.45, 2.75) is 19.4 Å². The van der Waals surface area contributed by atoms with E-state index in [9.17, 15) is 9.59 Å². The fraction of sp³-hybridized carbons (Fsp3) is 0.409. The van der Waals surface area contributed by atoms with E-state index in [2.05, 4.69) is 4.98 Å². The molecule has 0 radical (unpaired) electrons. The van der Waals surface area contributed by atoms with Gasteiger partial charge in [0.25, 0.3) is 5.56 Å². The molecule has 2 aliphatic heterocycles. The summed E-state index contributed by atoms with van der Waals surface area (Å²) in [6.07, 6.45) is 3.25. The molecule has 1 atom stereocenters. The largest absolute Gasteiger partial charge is 0.465 e. The number of carbonyl (C=O) groups excluding carboxylic acids is 1. The number of hydrogen-bond acceptors (Lipinski definition) is 7. The van der Waals surface area contributed by atoms with Crippen molar-refractivity contribution in [1.82, 2.24) is 9.55 Å². The van der Waals surface area contributed by atoms with E-state index in [0.29, 0.717) is 23.4 Å². The van der Waals surface area contributed by atoms with E-state index in [1.807, 2.05) is 13.0 Å². The lowest BCUT2D eigenvalue weighted by Crippen LogP contribution is -3.14. The number of aromatic nitrogens is 2. The van der Waals surface area contributed by atoms with Crippen LogP contribution in [0.2, 0.25) is 0 Å². The SMILES string of the molecule is COC(=O)C1=C(N)Oc2cc(C)n(CC[NH+]3CCOCC3)c(=O)c2[C@H]1c1cccnc1. The van der Waals surface area contributed by atoms with Gasteiger partial charge in [0.05, 0.1) is 44.9 Å². The summed E-state index contributed by atoms with van der Waals surface area (Å²) in [6, 6.07) is 5.37. The Kier molecular flexibility index (Phi) is 6.06. The van der Waals surface area contributed by atoms with E-state index < -0.39 is 11.9 Å². The van der Waals surface area contributed by atoms with Gasteiger partial charge in [-0.2, -0.15) is 0 Å². The summed E-state index contributed by atoms with van der Waals surface area (Å²) in [5.74, 6) is -1.07. The van der Waals surface area contributed by atoms with Gasteiger partial charge in [-0.1, -0.05) is 6.07 Å². The van der Waals surface area contributed by atoms with Crippen LogP contribution < -0.4 is 20.9 Å². The standard InChI is InChI=1S/C22H26N4O5/c1-14-12-16-18(21(27)26(14)7-6-25-8-10-30-11-9-25)17(15-4-3-5-24-13-15)19(20(23)31-16)22(28)29-2/h3-5,12-13,17H,6-11,23H2,1-2H3/p+1/t17-/m1/s1. The van der Waals surface area contributed by atoms with E-state index in [1.165, 1.54) is 12.0 Å². The summed E-state index contributed by atoms with van der Waals surface area (Å²) in [5.41, 5.74) is 7.82. The van der Waals surface area contributed by atoms with Crippen molar-refractivity contribution in [1.29, 1.82) is 0 Å². The number of hydrogen-bond donors (Lipinski definition) is 2. The molecule has 2 aliphatic rings. The van der Waals surface area contributed by atoms with E-state index in [-0.39, 0.29) is 17.0 Å². The molecule has 31 heavy (non-hydrogen) atoms. The summed E-state index contributed by atoms with van der Waals surface area (Å²) < 4.78 is 17.8. The van der Waals surface area contributed by atoms with Gasteiger partial charge in [-0.15, -0.1) is 0 Å². The Morgan fingerprint density at radius 1 is 1.39 bits per heavy atom. The second kappa shape index (κ2) is 8.91. The van der Waals surface area contributed by atoms with E-state index in [0.717, 1.165) is 38.5 Å². The first-order chi connectivity index (χ1) is 15.0. The van der Waals surface area contributed by atoms with Gasteiger partial charge in [0, 0.05) is 24.2 Å². The van der Waals surface area contributed by atoms with Crippen molar-refractivity contribution >= 4 is 5.97 Å². The Morgan fingerprint density at radius 2 is 2.16 bits per heavy atom. The molecular weight excluding hydrogens is 400 g/mol. The Bertz CT molecular complexity index is 1060. The van der Waals surface area contributed by atoms with Gasteiger partial charge in [-0.05, 0) is 18.6 Å². The first-order valence-corrected chi connectivity index (χ1v) is 10.3. The number of pyridine rings is 2. The van der Waals surface area contributed by atoms with Crippen LogP contribution in [0.5, 0.6) is 5.75 Å². The molecule has 0 spiro atoms. The zero-order valence-electron chi connectivity index (χ0n) is 17.7. The summed E-state index contributed by atoms with van der Waals surface area (Å²) in [6.45, 7) is 6.54. The number of nitrogens with one attached hydrogen (secondary N) is 1. The topological polar surface area (TPSA) is 110 Å². The van der Waals surface area contributed by atoms with Crippen LogP contribution in [0.15, 0.2) is 46.8 Å². The molecule has 0 bridgehead atoms. The van der Waals surface area contributed by atoms with Crippen LogP contribution in [0.1, 0.15) is 22.7 Å². The lowest BCUT2D eigenvalue weighted by atomic mass is 9.84. The third-order valence-electron chi connectivity index (χ3n) is 5.88. The van der Waals surface area contributed by atoms with Gasteiger partial charge in [0.1, 0.15) is 24.4 Å². The quantitative estimate of drug-likeness (QED) is 0.610. The molecule has 3 N–H and O–H groups in total. The van der Waals surface area contributed by atoms with Crippen LogP contribution in [0.4, 0.5) is 0 Å². The highest BCUT2D eigenvalue weighted by Crippen LogP contribution is 2.40.